The van der Waals surface area contributed by atoms with Crippen LogP contribution in [0.25, 0.3) is 21.0 Å². The van der Waals surface area contributed by atoms with Crippen LogP contribution in [0.4, 0.5) is 10.1 Å². The standard InChI is InChI=1S/C20H12ClFN2O3S/c21-18-13-7-6-11(22)9-16(13)28-19(18)20(26)27-10-17(25)24-15-5-1-4-14-12(15)3-2-8-23-14/h1-9H,10H2,(H,24,25). The third-order valence-electron chi connectivity index (χ3n) is 4.03. The molecule has 140 valence electrons. The number of thiophene rings is 1. The molecule has 0 aliphatic rings. The molecule has 0 fully saturated rings. The molecule has 1 amide bonds. The SMILES string of the molecule is O=C(COC(=O)c1sc2cc(F)ccc2c1Cl)Nc1cccc2ncccc12. The van der Waals surface area contributed by atoms with E-state index in [1.807, 2.05) is 12.1 Å². The first kappa shape index (κ1) is 18.3. The van der Waals surface area contributed by atoms with E-state index >= 15 is 0 Å². The average Bonchev–Trinajstić information content (AvgIpc) is 3.02. The number of nitrogens with one attached hydrogen (secondary N) is 1. The van der Waals surface area contributed by atoms with Gasteiger partial charge in [-0.15, -0.1) is 11.3 Å². The van der Waals surface area contributed by atoms with Crippen LogP contribution in [0.15, 0.2) is 54.7 Å². The van der Waals surface area contributed by atoms with Crippen LogP contribution in [0.2, 0.25) is 5.02 Å². The van der Waals surface area contributed by atoms with Crippen molar-refractivity contribution in [1.29, 1.82) is 0 Å². The lowest BCUT2D eigenvalue weighted by Gasteiger charge is -2.08. The van der Waals surface area contributed by atoms with Gasteiger partial charge >= 0.3 is 5.97 Å². The molecule has 4 rings (SSSR count). The van der Waals surface area contributed by atoms with Gasteiger partial charge in [-0.3, -0.25) is 9.78 Å². The maximum Gasteiger partial charge on any atom is 0.350 e. The first-order valence-electron chi connectivity index (χ1n) is 8.21. The number of fused-ring (bicyclic) bond motifs is 2. The maximum atomic E-state index is 13.3. The Morgan fingerprint density at radius 2 is 2.00 bits per heavy atom. The molecule has 8 heteroatoms. The lowest BCUT2D eigenvalue weighted by atomic mass is 10.2. The number of rotatable bonds is 4. The number of hydrogen-bond donors (Lipinski definition) is 1. The first-order valence-corrected chi connectivity index (χ1v) is 9.40. The van der Waals surface area contributed by atoms with Gasteiger partial charge in [-0.05, 0) is 42.5 Å². The number of esters is 1. The van der Waals surface area contributed by atoms with E-state index in [1.54, 1.807) is 24.4 Å². The second kappa shape index (κ2) is 7.53. The Labute approximate surface area is 167 Å². The van der Waals surface area contributed by atoms with Crippen LogP contribution in [0, 0.1) is 5.82 Å². The Bertz CT molecular complexity index is 1220. The topological polar surface area (TPSA) is 68.3 Å². The van der Waals surface area contributed by atoms with E-state index in [-0.39, 0.29) is 9.90 Å². The van der Waals surface area contributed by atoms with Crippen molar-refractivity contribution in [3.8, 4) is 0 Å². The molecule has 0 saturated carbocycles. The Kier molecular flexibility index (Phi) is 4.93. The van der Waals surface area contributed by atoms with E-state index in [0.717, 1.165) is 22.2 Å². The lowest BCUT2D eigenvalue weighted by Crippen LogP contribution is -2.20. The quantitative estimate of drug-likeness (QED) is 0.475. The molecular formula is C20H12ClFN2O3S. The van der Waals surface area contributed by atoms with Crippen molar-refractivity contribution in [2.45, 2.75) is 0 Å². The maximum absolute atomic E-state index is 13.3. The second-order valence-corrected chi connectivity index (χ2v) is 7.32. The van der Waals surface area contributed by atoms with E-state index in [9.17, 15) is 14.0 Å². The minimum Gasteiger partial charge on any atom is -0.451 e. The molecule has 2 aromatic heterocycles. The molecular weight excluding hydrogens is 403 g/mol. The van der Waals surface area contributed by atoms with Crippen molar-refractivity contribution in [1.82, 2.24) is 4.98 Å². The molecule has 0 unspecified atom stereocenters. The van der Waals surface area contributed by atoms with Gasteiger partial charge in [-0.2, -0.15) is 0 Å². The Morgan fingerprint density at radius 3 is 2.86 bits per heavy atom. The number of anilines is 1. The van der Waals surface area contributed by atoms with Gasteiger partial charge in [0.2, 0.25) is 0 Å². The molecule has 0 spiro atoms. The Hall–Kier alpha value is -3.03. The van der Waals surface area contributed by atoms with E-state index in [0.29, 0.717) is 15.8 Å². The fourth-order valence-corrected chi connectivity index (χ4v) is 4.19. The summed E-state index contributed by atoms with van der Waals surface area (Å²) in [6, 6.07) is 13.0. The summed E-state index contributed by atoms with van der Waals surface area (Å²) in [4.78, 5) is 28.9. The first-order chi connectivity index (χ1) is 13.5. The highest BCUT2D eigenvalue weighted by molar-refractivity contribution is 7.21. The van der Waals surface area contributed by atoms with Crippen LogP contribution in [0.5, 0.6) is 0 Å². The molecule has 0 saturated heterocycles. The summed E-state index contributed by atoms with van der Waals surface area (Å²) in [5.74, 6) is -1.65. The van der Waals surface area contributed by atoms with E-state index in [1.165, 1.54) is 18.2 Å². The number of nitrogens with zero attached hydrogens (tertiary/aromatic N) is 1. The third-order valence-corrected chi connectivity index (χ3v) is 5.67. The summed E-state index contributed by atoms with van der Waals surface area (Å²) in [7, 11) is 0. The Morgan fingerprint density at radius 1 is 1.14 bits per heavy atom. The smallest absolute Gasteiger partial charge is 0.350 e. The Balaban J connectivity index is 1.46. The largest absolute Gasteiger partial charge is 0.451 e. The van der Waals surface area contributed by atoms with E-state index in [4.69, 9.17) is 16.3 Å². The number of amides is 1. The monoisotopic (exact) mass is 414 g/mol. The summed E-state index contributed by atoms with van der Waals surface area (Å²) in [5, 5.41) is 4.23. The zero-order valence-electron chi connectivity index (χ0n) is 14.2. The lowest BCUT2D eigenvalue weighted by molar-refractivity contribution is -0.119. The number of ether oxygens (including phenoxy) is 1. The van der Waals surface area contributed by atoms with Crippen LogP contribution in [-0.4, -0.2) is 23.5 Å². The highest BCUT2D eigenvalue weighted by atomic mass is 35.5. The molecule has 0 bridgehead atoms. The predicted molar refractivity (Wildman–Crippen MR) is 107 cm³/mol. The van der Waals surface area contributed by atoms with Crippen LogP contribution >= 0.6 is 22.9 Å². The highest BCUT2D eigenvalue weighted by Crippen LogP contribution is 2.36. The number of pyridine rings is 1. The van der Waals surface area contributed by atoms with Gasteiger partial charge in [-0.1, -0.05) is 17.7 Å². The second-order valence-electron chi connectivity index (χ2n) is 5.89. The van der Waals surface area contributed by atoms with E-state index < -0.39 is 24.3 Å². The van der Waals surface area contributed by atoms with Crippen molar-refractivity contribution in [2.24, 2.45) is 0 Å². The van der Waals surface area contributed by atoms with Gasteiger partial charge in [0.25, 0.3) is 5.91 Å². The molecule has 2 aromatic carbocycles. The summed E-state index contributed by atoms with van der Waals surface area (Å²) in [6.07, 6.45) is 1.66. The fourth-order valence-electron chi connectivity index (χ4n) is 2.77. The number of aromatic nitrogens is 1. The van der Waals surface area contributed by atoms with Crippen molar-refractivity contribution in [3.05, 3.63) is 70.4 Å². The van der Waals surface area contributed by atoms with Gasteiger partial charge in [0.05, 0.1) is 16.2 Å². The van der Waals surface area contributed by atoms with Crippen molar-refractivity contribution in [2.75, 3.05) is 11.9 Å². The van der Waals surface area contributed by atoms with Crippen molar-refractivity contribution < 1.29 is 18.7 Å². The molecule has 2 heterocycles. The van der Waals surface area contributed by atoms with Crippen LogP contribution in [0.1, 0.15) is 9.67 Å². The van der Waals surface area contributed by atoms with Crippen molar-refractivity contribution >= 4 is 61.5 Å². The number of carbonyl (C=O) groups excluding carboxylic acids is 2. The molecule has 4 aromatic rings. The molecule has 1 N–H and O–H groups in total. The zero-order chi connectivity index (χ0) is 19.7. The number of halogens is 2. The molecule has 0 aliphatic heterocycles. The van der Waals surface area contributed by atoms with Crippen molar-refractivity contribution in [3.63, 3.8) is 0 Å². The number of carbonyl (C=O) groups is 2. The minimum absolute atomic E-state index is 0.129. The molecule has 28 heavy (non-hydrogen) atoms. The number of benzene rings is 2. The summed E-state index contributed by atoms with van der Waals surface area (Å²) in [6.45, 7) is -0.478. The molecule has 0 atom stereocenters. The summed E-state index contributed by atoms with van der Waals surface area (Å²) >= 11 is 7.21. The average molecular weight is 415 g/mol. The third kappa shape index (κ3) is 3.54. The number of hydrogen-bond acceptors (Lipinski definition) is 5. The van der Waals surface area contributed by atoms with E-state index in [2.05, 4.69) is 10.3 Å². The van der Waals surface area contributed by atoms with Gasteiger partial charge in [-0.25, -0.2) is 9.18 Å². The zero-order valence-corrected chi connectivity index (χ0v) is 15.8. The van der Waals surface area contributed by atoms with Gasteiger partial charge < -0.3 is 10.1 Å². The molecule has 0 radical (unpaired) electrons. The molecule has 0 aliphatic carbocycles. The van der Waals surface area contributed by atoms with Gasteiger partial charge in [0.1, 0.15) is 10.7 Å². The van der Waals surface area contributed by atoms with Crippen LogP contribution in [-0.2, 0) is 9.53 Å². The minimum atomic E-state index is -0.735. The molecule has 5 nitrogen and oxygen atoms in total. The van der Waals surface area contributed by atoms with Gasteiger partial charge in [0.15, 0.2) is 6.61 Å². The van der Waals surface area contributed by atoms with Crippen LogP contribution in [0.3, 0.4) is 0 Å². The highest BCUT2D eigenvalue weighted by Gasteiger charge is 2.20. The van der Waals surface area contributed by atoms with Gasteiger partial charge in [0, 0.05) is 21.7 Å². The normalized spacial score (nSPS) is 10.9. The summed E-state index contributed by atoms with van der Waals surface area (Å²) in [5.41, 5.74) is 1.31. The fraction of sp³-hybridized carbons (Fsp3) is 0.0500. The predicted octanol–water partition coefficient (Wildman–Crippen LogP) is 5.04. The summed E-state index contributed by atoms with van der Waals surface area (Å²) < 4.78 is 19.0. The van der Waals surface area contributed by atoms with Crippen LogP contribution < -0.4 is 5.32 Å².